The quantitative estimate of drug-likeness (QED) is 0.610. The number of benzene rings is 2. The largest absolute Gasteiger partial charge is 0.305 e. The number of aromatic amines is 1. The third-order valence-electron chi connectivity index (χ3n) is 3.74. The average Bonchev–Trinajstić information content (AvgIpc) is 2.91. The standard InChI is InChI=1S/C19H18N4O2/c1-13-8-10-16(11-9-13)23-19(25)17(14(2)22-23)12-20-21-18(24)15-6-4-3-5-7-15/h3-12,20,22H,2H2,1H3,(H,21,24). The molecule has 0 radical (unpaired) electrons. The number of nitrogens with zero attached hydrogens (tertiary/aromatic N) is 1. The summed E-state index contributed by atoms with van der Waals surface area (Å²) in [5.41, 5.74) is 7.27. The van der Waals surface area contributed by atoms with Crippen molar-refractivity contribution in [3.63, 3.8) is 0 Å². The summed E-state index contributed by atoms with van der Waals surface area (Å²) in [6, 6.07) is 16.3. The highest BCUT2D eigenvalue weighted by molar-refractivity contribution is 5.93. The molecule has 0 saturated carbocycles. The number of amides is 1. The predicted molar refractivity (Wildman–Crippen MR) is 97.4 cm³/mol. The van der Waals surface area contributed by atoms with Crippen LogP contribution in [-0.2, 0) is 0 Å². The number of hydrogen-bond acceptors (Lipinski definition) is 3. The molecule has 0 aliphatic rings. The molecule has 25 heavy (non-hydrogen) atoms. The van der Waals surface area contributed by atoms with E-state index in [4.69, 9.17) is 0 Å². The number of aryl methyl sites for hydroxylation is 1. The van der Waals surface area contributed by atoms with Gasteiger partial charge in [0.15, 0.2) is 0 Å². The summed E-state index contributed by atoms with van der Waals surface area (Å²) >= 11 is 0. The van der Waals surface area contributed by atoms with Crippen LogP contribution in [0.1, 0.15) is 15.9 Å². The summed E-state index contributed by atoms with van der Waals surface area (Å²) < 4.78 is 1.41. The zero-order valence-corrected chi connectivity index (χ0v) is 13.7. The van der Waals surface area contributed by atoms with Crippen LogP contribution in [0.15, 0.2) is 59.4 Å². The molecule has 1 heterocycles. The van der Waals surface area contributed by atoms with Crippen LogP contribution in [0, 0.1) is 6.92 Å². The number of nitrogens with one attached hydrogen (secondary N) is 3. The zero-order chi connectivity index (χ0) is 17.8. The van der Waals surface area contributed by atoms with E-state index >= 15 is 0 Å². The highest BCUT2D eigenvalue weighted by Crippen LogP contribution is 2.04. The molecular formula is C19H18N4O2. The summed E-state index contributed by atoms with van der Waals surface area (Å²) in [6.45, 7) is 5.82. The van der Waals surface area contributed by atoms with Gasteiger partial charge < -0.3 is 5.43 Å². The molecule has 0 aliphatic carbocycles. The molecule has 3 N–H and O–H groups in total. The summed E-state index contributed by atoms with van der Waals surface area (Å²) in [5, 5.41) is 3.72. The van der Waals surface area contributed by atoms with Gasteiger partial charge in [0.2, 0.25) is 0 Å². The number of hydrazine groups is 1. The molecule has 0 unspecified atom stereocenters. The third-order valence-corrected chi connectivity index (χ3v) is 3.74. The number of aromatic nitrogens is 2. The van der Waals surface area contributed by atoms with E-state index in [0.717, 1.165) is 5.56 Å². The van der Waals surface area contributed by atoms with Crippen LogP contribution in [0.25, 0.3) is 18.5 Å². The maximum Gasteiger partial charge on any atom is 0.280 e. The minimum absolute atomic E-state index is 0.254. The Bertz CT molecular complexity index is 1050. The van der Waals surface area contributed by atoms with Crippen molar-refractivity contribution in [1.29, 1.82) is 0 Å². The molecule has 0 aliphatic heterocycles. The number of carbonyl (C=O) groups is 1. The Balaban J connectivity index is 1.82. The van der Waals surface area contributed by atoms with Crippen molar-refractivity contribution in [3.05, 3.63) is 86.6 Å². The number of H-pyrrole nitrogens is 1. The first kappa shape index (κ1) is 16.3. The van der Waals surface area contributed by atoms with E-state index in [1.165, 1.54) is 10.9 Å². The van der Waals surface area contributed by atoms with Crippen molar-refractivity contribution >= 4 is 18.7 Å². The zero-order valence-electron chi connectivity index (χ0n) is 13.7. The van der Waals surface area contributed by atoms with Gasteiger partial charge in [-0.15, -0.1) is 0 Å². The normalized spacial score (nSPS) is 11.3. The maximum atomic E-state index is 12.5. The Morgan fingerprint density at radius 1 is 1.12 bits per heavy atom. The maximum absolute atomic E-state index is 12.5. The molecule has 3 aromatic rings. The minimum Gasteiger partial charge on any atom is -0.305 e. The van der Waals surface area contributed by atoms with Crippen LogP contribution >= 0.6 is 0 Å². The van der Waals surface area contributed by atoms with E-state index in [2.05, 4.69) is 22.5 Å². The van der Waals surface area contributed by atoms with Crippen LogP contribution in [0.4, 0.5) is 0 Å². The number of hydrogen-bond donors (Lipinski definition) is 3. The SMILES string of the molecule is C=c1[nH]n(-c2ccc(C)cc2)c(=O)c1=CNNC(=O)c1ccccc1. The Kier molecular flexibility index (Phi) is 4.52. The fourth-order valence-corrected chi connectivity index (χ4v) is 2.36. The van der Waals surface area contributed by atoms with E-state index in [0.29, 0.717) is 21.8 Å². The van der Waals surface area contributed by atoms with Crippen LogP contribution in [-0.4, -0.2) is 15.7 Å². The minimum atomic E-state index is -0.295. The van der Waals surface area contributed by atoms with Gasteiger partial charge >= 0.3 is 0 Å². The van der Waals surface area contributed by atoms with Gasteiger partial charge in [0.05, 0.1) is 16.3 Å². The molecule has 0 fully saturated rings. The van der Waals surface area contributed by atoms with Crippen LogP contribution in [0.5, 0.6) is 0 Å². The first-order valence-electron chi connectivity index (χ1n) is 7.74. The Morgan fingerprint density at radius 2 is 1.80 bits per heavy atom. The van der Waals surface area contributed by atoms with E-state index in [9.17, 15) is 9.59 Å². The van der Waals surface area contributed by atoms with E-state index in [1.54, 1.807) is 24.3 Å². The van der Waals surface area contributed by atoms with Gasteiger partial charge in [-0.25, -0.2) is 4.68 Å². The molecule has 0 spiro atoms. The molecule has 0 atom stereocenters. The van der Waals surface area contributed by atoms with Crippen molar-refractivity contribution in [2.45, 2.75) is 6.92 Å². The Hall–Kier alpha value is -3.54. The monoisotopic (exact) mass is 334 g/mol. The van der Waals surface area contributed by atoms with Gasteiger partial charge in [-0.05, 0) is 31.2 Å². The number of carbonyl (C=O) groups excluding carboxylic acids is 1. The molecule has 126 valence electrons. The van der Waals surface area contributed by atoms with Crippen LogP contribution in [0.3, 0.4) is 0 Å². The van der Waals surface area contributed by atoms with Gasteiger partial charge in [0.25, 0.3) is 11.5 Å². The molecular weight excluding hydrogens is 316 g/mol. The highest BCUT2D eigenvalue weighted by Gasteiger charge is 2.05. The average molecular weight is 334 g/mol. The van der Waals surface area contributed by atoms with Gasteiger partial charge in [0, 0.05) is 11.8 Å². The molecule has 1 aromatic heterocycles. The summed E-state index contributed by atoms with van der Waals surface area (Å²) in [6.07, 6.45) is 1.42. The van der Waals surface area contributed by atoms with Gasteiger partial charge in [-0.3, -0.25) is 20.1 Å². The molecule has 6 nitrogen and oxygen atoms in total. The van der Waals surface area contributed by atoms with Gasteiger partial charge in [-0.1, -0.05) is 42.5 Å². The van der Waals surface area contributed by atoms with Gasteiger partial charge in [-0.2, -0.15) is 0 Å². The topological polar surface area (TPSA) is 78.9 Å². The molecule has 1 amide bonds. The Labute approximate surface area is 144 Å². The summed E-state index contributed by atoms with van der Waals surface area (Å²) in [5.74, 6) is -0.295. The van der Waals surface area contributed by atoms with E-state index in [-0.39, 0.29) is 11.5 Å². The lowest BCUT2D eigenvalue weighted by Crippen LogP contribution is -2.40. The fourth-order valence-electron chi connectivity index (χ4n) is 2.36. The lowest BCUT2D eigenvalue weighted by Gasteiger charge is -2.03. The third kappa shape index (κ3) is 3.53. The van der Waals surface area contributed by atoms with E-state index < -0.39 is 0 Å². The van der Waals surface area contributed by atoms with Crippen molar-refractivity contribution in [1.82, 2.24) is 20.6 Å². The second-order valence-electron chi connectivity index (χ2n) is 5.59. The van der Waals surface area contributed by atoms with Crippen molar-refractivity contribution in [2.24, 2.45) is 0 Å². The molecule has 0 saturated heterocycles. The predicted octanol–water partition coefficient (Wildman–Crippen LogP) is 0.557. The lowest BCUT2D eigenvalue weighted by atomic mass is 10.2. The van der Waals surface area contributed by atoms with Crippen molar-refractivity contribution in [2.75, 3.05) is 0 Å². The smallest absolute Gasteiger partial charge is 0.280 e. The molecule has 6 heteroatoms. The second kappa shape index (κ2) is 6.92. The van der Waals surface area contributed by atoms with Crippen molar-refractivity contribution in [3.8, 4) is 5.69 Å². The highest BCUT2D eigenvalue weighted by atomic mass is 16.2. The lowest BCUT2D eigenvalue weighted by molar-refractivity contribution is 0.0943. The van der Waals surface area contributed by atoms with E-state index in [1.807, 2.05) is 37.3 Å². The van der Waals surface area contributed by atoms with Crippen LogP contribution in [0.2, 0.25) is 0 Å². The fraction of sp³-hybridized carbons (Fsp3) is 0.0526. The van der Waals surface area contributed by atoms with Gasteiger partial charge in [0.1, 0.15) is 0 Å². The number of rotatable bonds is 4. The molecule has 3 rings (SSSR count). The van der Waals surface area contributed by atoms with Crippen molar-refractivity contribution < 1.29 is 4.79 Å². The van der Waals surface area contributed by atoms with Crippen LogP contribution < -0.4 is 27.0 Å². The first-order chi connectivity index (χ1) is 12.1. The Morgan fingerprint density at radius 3 is 2.48 bits per heavy atom. The second-order valence-corrected chi connectivity index (χ2v) is 5.59. The first-order valence-corrected chi connectivity index (χ1v) is 7.74. The molecule has 0 bridgehead atoms. The summed E-state index contributed by atoms with van der Waals surface area (Å²) in [7, 11) is 0. The summed E-state index contributed by atoms with van der Waals surface area (Å²) in [4.78, 5) is 24.5. The molecule has 2 aromatic carbocycles.